The van der Waals surface area contributed by atoms with E-state index in [1.54, 1.807) is 26.3 Å². The van der Waals surface area contributed by atoms with Gasteiger partial charge in [0, 0.05) is 5.82 Å². The largest absolute Gasteiger partial charge is 0.370 e. The second-order valence-electron chi connectivity index (χ2n) is 5.98. The van der Waals surface area contributed by atoms with Crippen molar-refractivity contribution in [3.05, 3.63) is 53.2 Å². The molecule has 3 rings (SSSR count). The van der Waals surface area contributed by atoms with Crippen LogP contribution in [0.1, 0.15) is 36.2 Å². The molecule has 0 saturated heterocycles. The molecular weight excluding hydrogens is 401 g/mol. The van der Waals surface area contributed by atoms with Crippen LogP contribution in [0.3, 0.4) is 0 Å². The van der Waals surface area contributed by atoms with Crippen LogP contribution in [-0.4, -0.2) is 28.7 Å². The van der Waals surface area contributed by atoms with E-state index in [-0.39, 0.29) is 5.96 Å². The molecule has 0 aliphatic carbocycles. The zero-order chi connectivity index (χ0) is 20.1. The predicted octanol–water partition coefficient (Wildman–Crippen LogP) is 3.96. The minimum atomic E-state index is -3.27. The first-order valence-corrected chi connectivity index (χ1v) is 11.0. The normalized spacial score (nSPS) is 16.7. The van der Waals surface area contributed by atoms with Crippen LogP contribution in [0.25, 0.3) is 6.08 Å². The maximum Gasteiger partial charge on any atom is 0.354 e. The molecule has 0 radical (unpaired) electrons. The average Bonchev–Trinajstić information content (AvgIpc) is 3.04. The van der Waals surface area contributed by atoms with Gasteiger partial charge in [0.2, 0.25) is 0 Å². The highest BCUT2D eigenvalue weighted by atomic mass is 35.5. The lowest BCUT2D eigenvalue weighted by molar-refractivity contribution is 0.229. The quantitative estimate of drug-likeness (QED) is 0.378. The number of rotatable bonds is 8. The molecule has 1 unspecified atom stereocenters. The number of nitrogens with zero attached hydrogens (tertiary/aromatic N) is 3. The summed E-state index contributed by atoms with van der Waals surface area (Å²) in [5.41, 5.74) is 7.76. The summed E-state index contributed by atoms with van der Waals surface area (Å²) in [6.07, 6.45) is 3.43. The monoisotopic (exact) mass is 423 g/mol. The van der Waals surface area contributed by atoms with E-state index >= 15 is 0 Å². The summed E-state index contributed by atoms with van der Waals surface area (Å²) in [4.78, 5) is 8.65. The molecular formula is C18H23ClN5O3P. The zero-order valence-electron chi connectivity index (χ0n) is 15.7. The molecule has 1 atom stereocenters. The van der Waals surface area contributed by atoms with Gasteiger partial charge in [-0.2, -0.15) is 4.99 Å². The van der Waals surface area contributed by atoms with Crippen LogP contribution in [0.15, 0.2) is 41.4 Å². The Balaban J connectivity index is 1.89. The SMILES string of the molecule is CCOP(=O)(C=Cc1ccccc1Cn1cnc2c1N=C(N)NC2Cl)OCC. The molecule has 0 amide bonds. The van der Waals surface area contributed by atoms with E-state index < -0.39 is 13.1 Å². The molecule has 0 spiro atoms. The van der Waals surface area contributed by atoms with Crippen molar-refractivity contribution in [2.24, 2.45) is 10.7 Å². The van der Waals surface area contributed by atoms with Crippen molar-refractivity contribution >= 4 is 37.1 Å². The molecule has 2 aromatic rings. The predicted molar refractivity (Wildman–Crippen MR) is 111 cm³/mol. The van der Waals surface area contributed by atoms with Crippen LogP contribution in [0.2, 0.25) is 0 Å². The summed E-state index contributed by atoms with van der Waals surface area (Å²) in [6, 6.07) is 7.75. The molecule has 2 heterocycles. The van der Waals surface area contributed by atoms with Gasteiger partial charge in [-0.25, -0.2) is 4.98 Å². The number of hydrogen-bond acceptors (Lipinski definition) is 7. The number of fused-ring (bicyclic) bond motifs is 1. The van der Waals surface area contributed by atoms with Gasteiger partial charge in [-0.1, -0.05) is 35.9 Å². The lowest BCUT2D eigenvalue weighted by Gasteiger charge is -2.18. The van der Waals surface area contributed by atoms with Crippen molar-refractivity contribution in [1.29, 1.82) is 0 Å². The maximum absolute atomic E-state index is 12.7. The molecule has 1 aliphatic heterocycles. The van der Waals surface area contributed by atoms with E-state index in [2.05, 4.69) is 15.3 Å². The molecule has 8 nitrogen and oxygen atoms in total. The van der Waals surface area contributed by atoms with Crippen LogP contribution in [-0.2, 0) is 20.2 Å². The van der Waals surface area contributed by atoms with E-state index in [4.69, 9.17) is 26.4 Å². The van der Waals surface area contributed by atoms with Crippen molar-refractivity contribution < 1.29 is 13.6 Å². The Kier molecular flexibility index (Phi) is 6.57. The van der Waals surface area contributed by atoms with E-state index in [0.29, 0.717) is 31.3 Å². The number of halogens is 1. The number of nitrogens with one attached hydrogen (secondary N) is 1. The Bertz CT molecular complexity index is 933. The third kappa shape index (κ3) is 4.64. The Morgan fingerprint density at radius 2 is 2.04 bits per heavy atom. The van der Waals surface area contributed by atoms with Crippen LogP contribution in [0.5, 0.6) is 0 Å². The fourth-order valence-corrected chi connectivity index (χ4v) is 4.41. The number of hydrogen-bond donors (Lipinski definition) is 2. The lowest BCUT2D eigenvalue weighted by atomic mass is 10.1. The van der Waals surface area contributed by atoms with Gasteiger partial charge >= 0.3 is 7.60 Å². The number of nitrogens with two attached hydrogens (primary N) is 1. The number of imidazole rings is 1. The van der Waals surface area contributed by atoms with Crippen LogP contribution in [0, 0.1) is 0 Å². The van der Waals surface area contributed by atoms with E-state index in [9.17, 15) is 4.57 Å². The molecule has 1 aromatic heterocycles. The van der Waals surface area contributed by atoms with E-state index in [1.807, 2.05) is 28.8 Å². The average molecular weight is 424 g/mol. The highest BCUT2D eigenvalue weighted by molar-refractivity contribution is 7.57. The Morgan fingerprint density at radius 1 is 1.32 bits per heavy atom. The number of guanidine groups is 1. The van der Waals surface area contributed by atoms with Gasteiger partial charge < -0.3 is 24.7 Å². The third-order valence-electron chi connectivity index (χ3n) is 4.03. The lowest BCUT2D eigenvalue weighted by Crippen LogP contribution is -2.35. The highest BCUT2D eigenvalue weighted by Crippen LogP contribution is 2.50. The molecule has 1 aliphatic rings. The summed E-state index contributed by atoms with van der Waals surface area (Å²) in [5.74, 6) is 2.36. The van der Waals surface area contributed by atoms with Crippen molar-refractivity contribution in [3.8, 4) is 0 Å². The molecule has 0 saturated carbocycles. The fraction of sp³-hybridized carbons (Fsp3) is 0.333. The minimum Gasteiger partial charge on any atom is -0.370 e. The number of aliphatic imine (C=N–C) groups is 1. The molecule has 10 heteroatoms. The fourth-order valence-electron chi connectivity index (χ4n) is 2.83. The maximum atomic E-state index is 12.7. The van der Waals surface area contributed by atoms with Crippen LogP contribution in [0.4, 0.5) is 5.82 Å². The molecule has 0 bridgehead atoms. The van der Waals surface area contributed by atoms with Gasteiger partial charge in [0.25, 0.3) is 0 Å². The summed E-state index contributed by atoms with van der Waals surface area (Å²) < 4.78 is 25.2. The second kappa shape index (κ2) is 8.92. The van der Waals surface area contributed by atoms with Crippen molar-refractivity contribution in [3.63, 3.8) is 0 Å². The van der Waals surface area contributed by atoms with Gasteiger partial charge in [-0.15, -0.1) is 0 Å². The smallest absolute Gasteiger partial charge is 0.354 e. The van der Waals surface area contributed by atoms with Gasteiger partial charge in [0.15, 0.2) is 17.3 Å². The number of aromatic nitrogens is 2. The first kappa shape index (κ1) is 20.6. The summed E-state index contributed by atoms with van der Waals surface area (Å²) >= 11 is 6.23. The van der Waals surface area contributed by atoms with E-state index in [1.165, 1.54) is 5.82 Å². The first-order valence-electron chi connectivity index (χ1n) is 8.91. The standard InChI is InChI=1S/C18H23ClN5O3P/c1-3-26-28(25,27-4-2)10-9-13-7-5-6-8-14(13)11-24-12-21-15-16(19)22-18(20)23-17(15)24/h5-10,12,16H,3-4,11H2,1-2H3,(H3,20,22,23). The number of benzene rings is 1. The first-order chi connectivity index (χ1) is 13.5. The molecule has 1 aromatic carbocycles. The molecule has 3 N–H and O–H groups in total. The van der Waals surface area contributed by atoms with Gasteiger partial charge in [0.05, 0.1) is 26.1 Å². The third-order valence-corrected chi connectivity index (χ3v) is 6.10. The highest BCUT2D eigenvalue weighted by Gasteiger charge is 2.24. The second-order valence-corrected chi connectivity index (χ2v) is 8.31. The summed E-state index contributed by atoms with van der Waals surface area (Å²) in [7, 11) is -3.27. The van der Waals surface area contributed by atoms with Crippen molar-refractivity contribution in [2.75, 3.05) is 13.2 Å². The van der Waals surface area contributed by atoms with Crippen LogP contribution < -0.4 is 11.1 Å². The molecule has 0 fully saturated rings. The van der Waals surface area contributed by atoms with Crippen molar-refractivity contribution in [2.45, 2.75) is 25.9 Å². The van der Waals surface area contributed by atoms with Gasteiger partial charge in [-0.05, 0) is 31.1 Å². The van der Waals surface area contributed by atoms with Crippen molar-refractivity contribution in [1.82, 2.24) is 14.9 Å². The summed E-state index contributed by atoms with van der Waals surface area (Å²) in [6.45, 7) is 4.66. The Hall–Kier alpha value is -2.12. The van der Waals surface area contributed by atoms with Gasteiger partial charge in [0.1, 0.15) is 5.69 Å². The Morgan fingerprint density at radius 3 is 2.75 bits per heavy atom. The minimum absolute atomic E-state index is 0.247. The number of alkyl halides is 1. The zero-order valence-corrected chi connectivity index (χ0v) is 17.4. The summed E-state index contributed by atoms with van der Waals surface area (Å²) in [5, 5.41) is 2.83. The Labute approximate surface area is 168 Å². The van der Waals surface area contributed by atoms with Crippen LogP contribution >= 0.6 is 19.2 Å². The van der Waals surface area contributed by atoms with Gasteiger partial charge in [-0.3, -0.25) is 4.57 Å². The molecule has 28 heavy (non-hydrogen) atoms. The molecule has 150 valence electrons. The van der Waals surface area contributed by atoms with E-state index in [0.717, 1.165) is 11.1 Å². The topological polar surface area (TPSA) is 104 Å².